The summed E-state index contributed by atoms with van der Waals surface area (Å²) in [6.07, 6.45) is 5.81. The van der Waals surface area contributed by atoms with Crippen LogP contribution in [-0.2, 0) is 17.6 Å². The zero-order valence-corrected chi connectivity index (χ0v) is 19.9. The molecular weight excluding hydrogens is 444 g/mol. The van der Waals surface area contributed by atoms with Gasteiger partial charge in [0.1, 0.15) is 11.1 Å². The highest BCUT2D eigenvalue weighted by molar-refractivity contribution is 7.16. The summed E-state index contributed by atoms with van der Waals surface area (Å²) in [7, 11) is 0. The Morgan fingerprint density at radius 1 is 1.06 bits per heavy atom. The van der Waals surface area contributed by atoms with E-state index in [9.17, 15) is 14.9 Å². The van der Waals surface area contributed by atoms with Crippen molar-refractivity contribution < 1.29 is 9.59 Å². The first-order valence-corrected chi connectivity index (χ1v) is 12.8. The second-order valence-electron chi connectivity index (χ2n) is 9.13. The van der Waals surface area contributed by atoms with Gasteiger partial charge in [0.25, 0.3) is 5.91 Å². The standard InChI is InChI=1S/C27H28N4O2S/c28-16-23-21-9-3-4-11-24(21)34-27(23)30-25(32)17-31-14-12-19(13-15-31)29-26(33)22-10-5-7-18-6-1-2-8-20(18)22/h1-2,5-8,10,19H,3-4,9,11-15,17H2,(H,29,33)(H,30,32). The van der Waals surface area contributed by atoms with Gasteiger partial charge in [-0.15, -0.1) is 11.3 Å². The van der Waals surface area contributed by atoms with Crippen molar-refractivity contribution in [2.45, 2.75) is 44.6 Å². The van der Waals surface area contributed by atoms with Crippen molar-refractivity contribution in [2.75, 3.05) is 25.0 Å². The molecule has 7 heteroatoms. The third-order valence-corrected chi connectivity index (χ3v) is 8.07. The van der Waals surface area contributed by atoms with Crippen LogP contribution in [0.25, 0.3) is 10.8 Å². The average Bonchev–Trinajstić information content (AvgIpc) is 3.21. The Morgan fingerprint density at radius 2 is 1.82 bits per heavy atom. The minimum absolute atomic E-state index is 0.0429. The SMILES string of the molecule is N#Cc1c(NC(=O)CN2CCC(NC(=O)c3cccc4ccccc34)CC2)sc2c1CCCC2. The molecule has 34 heavy (non-hydrogen) atoms. The molecule has 1 aliphatic carbocycles. The molecule has 1 saturated heterocycles. The molecule has 3 aromatic rings. The van der Waals surface area contributed by atoms with Gasteiger partial charge in [0, 0.05) is 29.6 Å². The maximum Gasteiger partial charge on any atom is 0.252 e. The van der Waals surface area contributed by atoms with Gasteiger partial charge in [-0.3, -0.25) is 14.5 Å². The number of nitriles is 1. The number of likely N-dealkylation sites (tertiary alicyclic amines) is 1. The molecule has 2 amide bonds. The number of carbonyl (C=O) groups is 2. The van der Waals surface area contributed by atoms with Gasteiger partial charge < -0.3 is 10.6 Å². The third-order valence-electron chi connectivity index (χ3n) is 6.86. The predicted molar refractivity (Wildman–Crippen MR) is 135 cm³/mol. The van der Waals surface area contributed by atoms with Crippen LogP contribution >= 0.6 is 11.3 Å². The van der Waals surface area contributed by atoms with Gasteiger partial charge in [0.15, 0.2) is 0 Å². The number of piperidine rings is 1. The second-order valence-corrected chi connectivity index (χ2v) is 10.2. The molecule has 0 spiro atoms. The number of anilines is 1. The number of hydrogen-bond donors (Lipinski definition) is 2. The van der Waals surface area contributed by atoms with Crippen molar-refractivity contribution >= 4 is 38.9 Å². The van der Waals surface area contributed by atoms with Crippen molar-refractivity contribution in [1.82, 2.24) is 10.2 Å². The normalized spacial score (nSPS) is 16.6. The number of nitrogens with zero attached hydrogens (tertiary/aromatic N) is 2. The molecular formula is C27H28N4O2S. The molecule has 0 atom stereocenters. The lowest BCUT2D eigenvalue weighted by molar-refractivity contribution is -0.117. The zero-order valence-electron chi connectivity index (χ0n) is 19.1. The molecule has 2 heterocycles. The number of benzene rings is 2. The number of rotatable bonds is 5. The zero-order chi connectivity index (χ0) is 23.5. The average molecular weight is 473 g/mol. The van der Waals surface area contributed by atoms with Crippen LogP contribution in [-0.4, -0.2) is 42.4 Å². The van der Waals surface area contributed by atoms with Gasteiger partial charge in [-0.2, -0.15) is 5.26 Å². The van der Waals surface area contributed by atoms with E-state index >= 15 is 0 Å². The third kappa shape index (κ3) is 4.70. The highest BCUT2D eigenvalue weighted by Crippen LogP contribution is 2.37. The first-order valence-electron chi connectivity index (χ1n) is 12.0. The summed E-state index contributed by atoms with van der Waals surface area (Å²) in [6, 6.07) is 16.1. The second kappa shape index (κ2) is 9.96. The lowest BCUT2D eigenvalue weighted by Gasteiger charge is -2.31. The molecule has 6 nitrogen and oxygen atoms in total. The Morgan fingerprint density at radius 3 is 2.65 bits per heavy atom. The van der Waals surface area contributed by atoms with Gasteiger partial charge in [-0.1, -0.05) is 36.4 Å². The van der Waals surface area contributed by atoms with Gasteiger partial charge in [0.05, 0.1) is 12.1 Å². The minimum atomic E-state index is -0.0756. The molecule has 1 aromatic heterocycles. The lowest BCUT2D eigenvalue weighted by atomic mass is 9.96. The minimum Gasteiger partial charge on any atom is -0.349 e. The van der Waals surface area contributed by atoms with E-state index in [-0.39, 0.29) is 17.9 Å². The summed E-state index contributed by atoms with van der Waals surface area (Å²) in [5, 5.41) is 18.5. The van der Waals surface area contributed by atoms with Crippen LogP contribution < -0.4 is 10.6 Å². The fourth-order valence-electron chi connectivity index (χ4n) is 5.06. The molecule has 2 N–H and O–H groups in total. The number of thiophene rings is 1. The summed E-state index contributed by atoms with van der Waals surface area (Å²) in [4.78, 5) is 29.0. The molecule has 174 valence electrons. The van der Waals surface area contributed by atoms with E-state index < -0.39 is 0 Å². The van der Waals surface area contributed by atoms with Gasteiger partial charge in [-0.25, -0.2) is 0 Å². The van der Waals surface area contributed by atoms with E-state index in [4.69, 9.17) is 0 Å². The summed E-state index contributed by atoms with van der Waals surface area (Å²) >= 11 is 1.56. The number of fused-ring (bicyclic) bond motifs is 2. The van der Waals surface area contributed by atoms with Crippen molar-refractivity contribution in [2.24, 2.45) is 0 Å². The molecule has 0 bridgehead atoms. The van der Waals surface area contributed by atoms with Crippen LogP contribution in [0.5, 0.6) is 0 Å². The van der Waals surface area contributed by atoms with Crippen LogP contribution in [0, 0.1) is 11.3 Å². The van der Waals surface area contributed by atoms with Crippen molar-refractivity contribution in [3.8, 4) is 6.07 Å². The Bertz CT molecular complexity index is 1260. The van der Waals surface area contributed by atoms with Crippen molar-refractivity contribution in [1.29, 1.82) is 5.26 Å². The van der Waals surface area contributed by atoms with E-state index in [0.717, 1.165) is 68.0 Å². The Hall–Kier alpha value is -3.21. The number of nitrogens with one attached hydrogen (secondary N) is 2. The largest absolute Gasteiger partial charge is 0.349 e. The van der Waals surface area contributed by atoms with Crippen molar-refractivity contribution in [3.05, 3.63) is 64.0 Å². The van der Waals surface area contributed by atoms with E-state index in [1.165, 1.54) is 4.88 Å². The topological polar surface area (TPSA) is 85.2 Å². The highest BCUT2D eigenvalue weighted by atomic mass is 32.1. The number of carbonyl (C=O) groups excluding carboxylic acids is 2. The fourth-order valence-corrected chi connectivity index (χ4v) is 6.32. The molecule has 0 radical (unpaired) electrons. The summed E-state index contributed by atoms with van der Waals surface area (Å²) < 4.78 is 0. The Balaban J connectivity index is 1.14. The summed E-state index contributed by atoms with van der Waals surface area (Å²) in [5.74, 6) is -0.118. The van der Waals surface area contributed by atoms with E-state index in [2.05, 4.69) is 21.6 Å². The number of aryl methyl sites for hydroxylation is 1. The van der Waals surface area contributed by atoms with Crippen LogP contribution in [0.1, 0.15) is 52.0 Å². The van der Waals surface area contributed by atoms with Crippen molar-refractivity contribution in [3.63, 3.8) is 0 Å². The molecule has 2 aromatic carbocycles. The molecule has 2 aliphatic rings. The predicted octanol–water partition coefficient (Wildman–Crippen LogP) is 4.48. The number of hydrogen-bond acceptors (Lipinski definition) is 5. The first-order chi connectivity index (χ1) is 16.6. The fraction of sp³-hybridized carbons (Fsp3) is 0.370. The van der Waals surface area contributed by atoms with Gasteiger partial charge >= 0.3 is 0 Å². The van der Waals surface area contributed by atoms with Gasteiger partial charge in [-0.05, 0) is 60.9 Å². The molecule has 0 unspecified atom stereocenters. The maximum absolute atomic E-state index is 12.9. The first kappa shape index (κ1) is 22.6. The highest BCUT2D eigenvalue weighted by Gasteiger charge is 2.25. The van der Waals surface area contributed by atoms with E-state index in [0.29, 0.717) is 22.7 Å². The molecule has 1 fully saturated rings. The van der Waals surface area contributed by atoms with Crippen LogP contribution in [0.3, 0.4) is 0 Å². The van der Waals surface area contributed by atoms with Crippen LogP contribution in [0.15, 0.2) is 42.5 Å². The van der Waals surface area contributed by atoms with Crippen LogP contribution in [0.2, 0.25) is 0 Å². The van der Waals surface area contributed by atoms with Gasteiger partial charge in [0.2, 0.25) is 5.91 Å². The summed E-state index contributed by atoms with van der Waals surface area (Å²) in [5.41, 5.74) is 2.49. The Labute approximate surface area is 203 Å². The smallest absolute Gasteiger partial charge is 0.252 e. The molecule has 1 aliphatic heterocycles. The quantitative estimate of drug-likeness (QED) is 0.573. The molecule has 0 saturated carbocycles. The molecule has 5 rings (SSSR count). The maximum atomic E-state index is 12.9. The Kier molecular flexibility index (Phi) is 6.61. The van der Waals surface area contributed by atoms with E-state index in [1.54, 1.807) is 11.3 Å². The number of amides is 2. The van der Waals surface area contributed by atoms with Crippen LogP contribution in [0.4, 0.5) is 5.00 Å². The monoisotopic (exact) mass is 472 g/mol. The van der Waals surface area contributed by atoms with E-state index in [1.807, 2.05) is 42.5 Å². The summed E-state index contributed by atoms with van der Waals surface area (Å²) in [6.45, 7) is 1.80. The lowest BCUT2D eigenvalue weighted by Crippen LogP contribution is -2.46.